The maximum Gasteiger partial charge on any atom is 0.251 e. The molecule has 1 aliphatic rings. The first-order chi connectivity index (χ1) is 15.4. The van der Waals surface area contributed by atoms with Gasteiger partial charge in [-0.05, 0) is 48.4 Å². The first-order valence-electron chi connectivity index (χ1n) is 10.1. The predicted octanol–water partition coefficient (Wildman–Crippen LogP) is 4.41. The molecule has 0 bridgehead atoms. The van der Waals surface area contributed by atoms with E-state index < -0.39 is 6.04 Å². The Morgan fingerprint density at radius 3 is 2.53 bits per heavy atom. The molecular formula is C23H23BrN4O4. The van der Waals surface area contributed by atoms with E-state index in [2.05, 4.69) is 31.7 Å². The van der Waals surface area contributed by atoms with E-state index in [-0.39, 0.29) is 18.2 Å². The number of fused-ring (bicyclic) bond motifs is 1. The van der Waals surface area contributed by atoms with E-state index in [1.54, 1.807) is 31.0 Å². The molecule has 2 heterocycles. The second-order valence-corrected chi connectivity index (χ2v) is 8.22. The Balaban J connectivity index is 1.63. The number of ether oxygens (including phenoxy) is 2. The van der Waals surface area contributed by atoms with E-state index in [1.165, 1.54) is 0 Å². The number of aryl methyl sites for hydroxylation is 1. The van der Waals surface area contributed by atoms with Crippen LogP contribution >= 0.6 is 15.9 Å². The summed E-state index contributed by atoms with van der Waals surface area (Å²) in [5.41, 5.74) is 3.15. The van der Waals surface area contributed by atoms with Crippen LogP contribution in [0.3, 0.4) is 0 Å². The number of anilines is 2. The van der Waals surface area contributed by atoms with Gasteiger partial charge in [0.2, 0.25) is 5.91 Å². The number of carbonyl (C=O) groups is 2. The third-order valence-electron chi connectivity index (χ3n) is 5.34. The number of nitrogens with one attached hydrogen (secondary N) is 2. The highest BCUT2D eigenvalue weighted by Gasteiger charge is 2.36. The van der Waals surface area contributed by atoms with E-state index >= 15 is 0 Å². The molecule has 0 radical (unpaired) electrons. The van der Waals surface area contributed by atoms with Gasteiger partial charge in [-0.2, -0.15) is 5.10 Å². The van der Waals surface area contributed by atoms with Gasteiger partial charge >= 0.3 is 0 Å². The molecule has 166 valence electrons. The molecule has 1 atom stereocenters. The zero-order chi connectivity index (χ0) is 22.8. The Labute approximate surface area is 194 Å². The third-order valence-corrected chi connectivity index (χ3v) is 5.86. The van der Waals surface area contributed by atoms with Crippen LogP contribution in [0.1, 0.15) is 25.1 Å². The van der Waals surface area contributed by atoms with Crippen molar-refractivity contribution in [2.45, 2.75) is 25.8 Å². The molecule has 2 N–H and O–H groups in total. The van der Waals surface area contributed by atoms with Gasteiger partial charge in [0, 0.05) is 15.7 Å². The normalized spacial score (nSPS) is 14.6. The summed E-state index contributed by atoms with van der Waals surface area (Å²) in [5, 5.41) is 10.4. The fraction of sp³-hybridized carbons (Fsp3) is 0.261. The Bertz CT molecular complexity index is 1170. The summed E-state index contributed by atoms with van der Waals surface area (Å²) in [7, 11) is 3.16. The van der Waals surface area contributed by atoms with Crippen molar-refractivity contribution in [3.05, 3.63) is 52.6 Å². The number of aromatic nitrogens is 2. The molecular weight excluding hydrogens is 476 g/mol. The molecule has 2 aromatic carbocycles. The molecule has 0 saturated carbocycles. The standard InChI is InChI=1S/C23H23BrN4O4/c1-4-16-21(13-5-10-18(31-2)19(11-13)32-3)22-26-23(30)17(28(22)27-16)12-20(29)25-15-8-6-14(24)7-9-15/h5-11,17H,4,12H2,1-3H3,(H,25,29)(H,26,30). The predicted molar refractivity (Wildman–Crippen MR) is 125 cm³/mol. The molecule has 0 fully saturated rings. The minimum atomic E-state index is -0.723. The highest BCUT2D eigenvalue weighted by Crippen LogP contribution is 2.41. The zero-order valence-electron chi connectivity index (χ0n) is 17.9. The average molecular weight is 499 g/mol. The van der Waals surface area contributed by atoms with Crippen molar-refractivity contribution in [3.8, 4) is 22.6 Å². The molecule has 1 unspecified atom stereocenters. The van der Waals surface area contributed by atoms with Gasteiger partial charge < -0.3 is 20.1 Å². The van der Waals surface area contributed by atoms with Gasteiger partial charge in [0.25, 0.3) is 5.91 Å². The van der Waals surface area contributed by atoms with E-state index in [9.17, 15) is 9.59 Å². The van der Waals surface area contributed by atoms with Crippen LogP contribution in [0, 0.1) is 0 Å². The molecule has 32 heavy (non-hydrogen) atoms. The average Bonchev–Trinajstić information content (AvgIpc) is 3.29. The van der Waals surface area contributed by atoms with Gasteiger partial charge in [0.05, 0.1) is 26.3 Å². The van der Waals surface area contributed by atoms with Crippen molar-refractivity contribution in [1.29, 1.82) is 0 Å². The van der Waals surface area contributed by atoms with Crippen molar-refractivity contribution in [3.63, 3.8) is 0 Å². The summed E-state index contributed by atoms with van der Waals surface area (Å²) in [6, 6.07) is 12.1. The highest BCUT2D eigenvalue weighted by atomic mass is 79.9. The second-order valence-electron chi connectivity index (χ2n) is 7.30. The summed E-state index contributed by atoms with van der Waals surface area (Å²) >= 11 is 3.37. The minimum Gasteiger partial charge on any atom is -0.493 e. The molecule has 0 spiro atoms. The molecule has 1 aromatic heterocycles. The van der Waals surface area contributed by atoms with Gasteiger partial charge in [-0.1, -0.05) is 28.9 Å². The Morgan fingerprint density at radius 1 is 1.16 bits per heavy atom. The maximum atomic E-state index is 12.7. The van der Waals surface area contributed by atoms with Crippen LogP contribution in [0.2, 0.25) is 0 Å². The summed E-state index contributed by atoms with van der Waals surface area (Å²) in [4.78, 5) is 25.3. The van der Waals surface area contributed by atoms with Crippen LogP contribution < -0.4 is 20.1 Å². The summed E-state index contributed by atoms with van der Waals surface area (Å²) in [6.45, 7) is 2.00. The lowest BCUT2D eigenvalue weighted by Crippen LogP contribution is -2.23. The quantitative estimate of drug-likeness (QED) is 0.502. The van der Waals surface area contributed by atoms with Gasteiger partial charge in [-0.15, -0.1) is 0 Å². The third kappa shape index (κ3) is 4.08. The van der Waals surface area contributed by atoms with Crippen molar-refractivity contribution in [1.82, 2.24) is 9.78 Å². The summed E-state index contributed by atoms with van der Waals surface area (Å²) in [6.07, 6.45) is 0.641. The van der Waals surface area contributed by atoms with Crippen LogP contribution in [0.25, 0.3) is 11.1 Å². The van der Waals surface area contributed by atoms with Crippen LogP contribution in [-0.2, 0) is 16.0 Å². The van der Waals surface area contributed by atoms with Gasteiger partial charge in [0.15, 0.2) is 11.5 Å². The van der Waals surface area contributed by atoms with E-state index in [1.807, 2.05) is 37.3 Å². The molecule has 1 aliphatic heterocycles. The number of hydrogen-bond acceptors (Lipinski definition) is 5. The summed E-state index contributed by atoms with van der Waals surface area (Å²) in [5.74, 6) is 1.26. The van der Waals surface area contributed by atoms with Crippen LogP contribution in [-0.4, -0.2) is 35.8 Å². The molecule has 3 aromatic rings. The van der Waals surface area contributed by atoms with Crippen LogP contribution in [0.4, 0.5) is 11.5 Å². The van der Waals surface area contributed by atoms with Gasteiger partial charge in [0.1, 0.15) is 11.9 Å². The lowest BCUT2D eigenvalue weighted by Gasteiger charge is -2.10. The minimum absolute atomic E-state index is 0.0227. The SMILES string of the molecule is CCc1nn2c(c1-c1ccc(OC)c(OC)c1)NC(=O)C2CC(=O)Nc1ccc(Br)cc1. The fourth-order valence-corrected chi connectivity index (χ4v) is 4.04. The van der Waals surface area contributed by atoms with Crippen molar-refractivity contribution in [2.24, 2.45) is 0 Å². The zero-order valence-corrected chi connectivity index (χ0v) is 19.5. The van der Waals surface area contributed by atoms with Crippen LogP contribution in [0.5, 0.6) is 11.5 Å². The highest BCUT2D eigenvalue weighted by molar-refractivity contribution is 9.10. The van der Waals surface area contributed by atoms with E-state index in [0.29, 0.717) is 29.4 Å². The molecule has 0 saturated heterocycles. The molecule has 8 nitrogen and oxygen atoms in total. The van der Waals surface area contributed by atoms with Crippen LogP contribution in [0.15, 0.2) is 46.9 Å². The lowest BCUT2D eigenvalue weighted by molar-refractivity contribution is -0.123. The maximum absolute atomic E-state index is 12.7. The topological polar surface area (TPSA) is 94.5 Å². The number of amides is 2. The molecule has 2 amide bonds. The Hall–Kier alpha value is -3.33. The number of carbonyl (C=O) groups excluding carboxylic acids is 2. The van der Waals surface area contributed by atoms with Crippen molar-refractivity contribution in [2.75, 3.05) is 24.9 Å². The number of hydrogen-bond donors (Lipinski definition) is 2. The van der Waals surface area contributed by atoms with Gasteiger partial charge in [-0.25, -0.2) is 4.68 Å². The lowest BCUT2D eigenvalue weighted by atomic mass is 10.0. The molecule has 9 heteroatoms. The number of rotatable bonds is 7. The Morgan fingerprint density at radius 2 is 1.88 bits per heavy atom. The number of methoxy groups -OCH3 is 2. The van der Waals surface area contributed by atoms with Crippen molar-refractivity contribution >= 4 is 39.2 Å². The van der Waals surface area contributed by atoms with E-state index in [0.717, 1.165) is 21.3 Å². The summed E-state index contributed by atoms with van der Waals surface area (Å²) < 4.78 is 13.3. The Kier molecular flexibility index (Phi) is 6.18. The number of halogens is 1. The first kappa shape index (κ1) is 21.9. The number of benzene rings is 2. The number of nitrogens with zero attached hydrogens (tertiary/aromatic N) is 2. The van der Waals surface area contributed by atoms with Gasteiger partial charge in [-0.3, -0.25) is 9.59 Å². The molecule has 4 rings (SSSR count). The smallest absolute Gasteiger partial charge is 0.251 e. The van der Waals surface area contributed by atoms with E-state index in [4.69, 9.17) is 9.47 Å². The monoisotopic (exact) mass is 498 g/mol. The fourth-order valence-electron chi connectivity index (χ4n) is 3.78. The van der Waals surface area contributed by atoms with Crippen molar-refractivity contribution < 1.29 is 19.1 Å². The first-order valence-corrected chi connectivity index (χ1v) is 10.9. The second kappa shape index (κ2) is 9.04. The molecule has 0 aliphatic carbocycles. The largest absolute Gasteiger partial charge is 0.493 e.